The predicted octanol–water partition coefficient (Wildman–Crippen LogP) is 3.75. The molecule has 32 heavy (non-hydrogen) atoms. The van der Waals surface area contributed by atoms with E-state index in [1.165, 1.54) is 0 Å². The van der Waals surface area contributed by atoms with Crippen molar-refractivity contribution in [2.45, 2.75) is 19.0 Å². The fourth-order valence-corrected chi connectivity index (χ4v) is 3.42. The van der Waals surface area contributed by atoms with Crippen LogP contribution in [0.4, 0.5) is 14.7 Å². The van der Waals surface area contributed by atoms with Crippen molar-refractivity contribution in [2.75, 3.05) is 51.4 Å². The lowest BCUT2D eigenvalue weighted by molar-refractivity contribution is 0.0398. The summed E-state index contributed by atoms with van der Waals surface area (Å²) in [6.45, 7) is 5.70. The lowest BCUT2D eigenvalue weighted by Gasteiger charge is -2.26. The third kappa shape index (κ3) is 5.46. The average molecular weight is 442 g/mol. The number of aromatic nitrogens is 3. The van der Waals surface area contributed by atoms with Crippen molar-refractivity contribution in [3.63, 3.8) is 0 Å². The minimum Gasteiger partial charge on any atom is -0.379 e. The van der Waals surface area contributed by atoms with E-state index < -0.39 is 18.8 Å². The molecule has 0 aliphatic carbocycles. The summed E-state index contributed by atoms with van der Waals surface area (Å²) in [5, 5.41) is 7.21. The Morgan fingerprint density at radius 3 is 2.66 bits per heavy atom. The van der Waals surface area contributed by atoms with Crippen LogP contribution in [0.1, 0.15) is 18.6 Å². The molecule has 2 atom stereocenters. The number of alkyl halides is 2. The summed E-state index contributed by atoms with van der Waals surface area (Å²) in [5.74, 6) is 0.212. The van der Waals surface area contributed by atoms with Gasteiger partial charge in [0.1, 0.15) is 24.3 Å². The molecule has 9 heteroatoms. The molecule has 1 radical (unpaired) electrons. The van der Waals surface area contributed by atoms with E-state index in [1.54, 1.807) is 31.5 Å². The van der Waals surface area contributed by atoms with E-state index in [-0.39, 0.29) is 0 Å². The molecule has 0 saturated carbocycles. The molecule has 3 aromatic rings. The maximum absolute atomic E-state index is 13.6. The number of hydrogen-bond acceptors (Lipinski definition) is 7. The van der Waals surface area contributed by atoms with E-state index >= 15 is 0 Å². The molecule has 3 heterocycles. The second-order valence-corrected chi connectivity index (χ2v) is 7.74. The van der Waals surface area contributed by atoms with E-state index in [2.05, 4.69) is 31.4 Å². The summed E-state index contributed by atoms with van der Waals surface area (Å²) in [4.78, 5) is 11.1. The maximum atomic E-state index is 13.6. The van der Waals surface area contributed by atoms with Crippen LogP contribution in [0.25, 0.3) is 22.4 Å². The topological polar surface area (TPSA) is 76.3 Å². The highest BCUT2D eigenvalue weighted by molar-refractivity contribution is 5.67. The van der Waals surface area contributed by atoms with Gasteiger partial charge >= 0.3 is 0 Å². The molecule has 2 aromatic heterocycles. The van der Waals surface area contributed by atoms with Gasteiger partial charge in [-0.3, -0.25) is 4.90 Å². The van der Waals surface area contributed by atoms with Crippen molar-refractivity contribution in [2.24, 2.45) is 0 Å². The van der Waals surface area contributed by atoms with Gasteiger partial charge in [0.05, 0.1) is 19.1 Å². The quantitative estimate of drug-likeness (QED) is 0.541. The highest BCUT2D eigenvalue weighted by Crippen LogP contribution is 2.28. The highest BCUT2D eigenvalue weighted by Gasteiger charge is 2.22. The lowest BCUT2D eigenvalue weighted by atomic mass is 10.0. The molecular formula is C23H26F2N5O2. The normalized spacial score (nSPS) is 16.6. The zero-order valence-corrected chi connectivity index (χ0v) is 17.9. The van der Waals surface area contributed by atoms with Gasteiger partial charge in [0.2, 0.25) is 5.95 Å². The SMILES string of the molecule is CC(c1cc(-c2c[c]c(-c3cnc(NCCN4CCOCC4)nc3)cc2)no1)C(F)CF. The van der Waals surface area contributed by atoms with Crippen LogP contribution >= 0.6 is 0 Å². The van der Waals surface area contributed by atoms with E-state index in [0.29, 0.717) is 17.4 Å². The van der Waals surface area contributed by atoms with Crippen LogP contribution in [-0.4, -0.2) is 72.3 Å². The number of halogens is 2. The van der Waals surface area contributed by atoms with Crippen LogP contribution in [-0.2, 0) is 4.74 Å². The van der Waals surface area contributed by atoms with Crippen molar-refractivity contribution >= 4 is 5.95 Å². The molecule has 0 bridgehead atoms. The van der Waals surface area contributed by atoms with Crippen LogP contribution in [0.3, 0.4) is 0 Å². The molecular weight excluding hydrogens is 416 g/mol. The summed E-state index contributed by atoms with van der Waals surface area (Å²) in [6.07, 6.45) is 1.90. The number of nitrogens with zero attached hydrogens (tertiary/aromatic N) is 4. The van der Waals surface area contributed by atoms with Gasteiger partial charge in [-0.15, -0.1) is 0 Å². The lowest BCUT2D eigenvalue weighted by Crippen LogP contribution is -2.39. The van der Waals surface area contributed by atoms with Gasteiger partial charge in [0.25, 0.3) is 0 Å². The van der Waals surface area contributed by atoms with Crippen LogP contribution in [0, 0.1) is 6.07 Å². The molecule has 1 fully saturated rings. The number of benzene rings is 1. The fraction of sp³-hybridized carbons (Fsp3) is 0.435. The van der Waals surface area contributed by atoms with Crippen molar-refractivity contribution in [1.82, 2.24) is 20.0 Å². The number of ether oxygens (including phenoxy) is 1. The van der Waals surface area contributed by atoms with E-state index in [0.717, 1.165) is 56.1 Å². The first-order valence-electron chi connectivity index (χ1n) is 10.7. The van der Waals surface area contributed by atoms with Crippen LogP contribution in [0.15, 0.2) is 41.2 Å². The Labute approximate surface area is 185 Å². The van der Waals surface area contributed by atoms with Crippen molar-refractivity contribution in [3.8, 4) is 22.4 Å². The molecule has 2 unspecified atom stereocenters. The summed E-state index contributed by atoms with van der Waals surface area (Å²) < 4.78 is 36.7. The van der Waals surface area contributed by atoms with Gasteiger partial charge in [-0.25, -0.2) is 18.7 Å². The van der Waals surface area contributed by atoms with Crippen LogP contribution < -0.4 is 5.32 Å². The third-order valence-corrected chi connectivity index (χ3v) is 5.55. The Hall–Kier alpha value is -2.91. The van der Waals surface area contributed by atoms with Crippen LogP contribution in [0.5, 0.6) is 0 Å². The number of rotatable bonds is 9. The monoisotopic (exact) mass is 442 g/mol. The minimum atomic E-state index is -1.61. The molecule has 1 aliphatic rings. The molecule has 0 amide bonds. The number of anilines is 1. The van der Waals surface area contributed by atoms with Crippen molar-refractivity contribution in [3.05, 3.63) is 48.5 Å². The summed E-state index contributed by atoms with van der Waals surface area (Å²) in [5.41, 5.74) is 3.01. The Kier molecular flexibility index (Phi) is 7.39. The van der Waals surface area contributed by atoms with Gasteiger partial charge in [-0.2, -0.15) is 0 Å². The smallest absolute Gasteiger partial charge is 0.222 e. The van der Waals surface area contributed by atoms with E-state index in [1.807, 2.05) is 12.1 Å². The Morgan fingerprint density at radius 2 is 1.97 bits per heavy atom. The minimum absolute atomic E-state index is 0.319. The van der Waals surface area contributed by atoms with Gasteiger partial charge in [0.15, 0.2) is 0 Å². The molecule has 1 aliphatic heterocycles. The van der Waals surface area contributed by atoms with Gasteiger partial charge in [-0.05, 0) is 17.7 Å². The van der Waals surface area contributed by atoms with Gasteiger partial charge in [0, 0.05) is 55.8 Å². The summed E-state index contributed by atoms with van der Waals surface area (Å²) in [6, 6.07) is 10.4. The zero-order valence-electron chi connectivity index (χ0n) is 17.9. The molecule has 0 spiro atoms. The Morgan fingerprint density at radius 1 is 1.19 bits per heavy atom. The van der Waals surface area contributed by atoms with Gasteiger partial charge in [-0.1, -0.05) is 24.2 Å². The number of hydrogen-bond donors (Lipinski definition) is 1. The maximum Gasteiger partial charge on any atom is 0.222 e. The Bertz CT molecular complexity index is 975. The predicted molar refractivity (Wildman–Crippen MR) is 117 cm³/mol. The largest absolute Gasteiger partial charge is 0.379 e. The highest BCUT2D eigenvalue weighted by atomic mass is 19.2. The molecule has 1 aromatic carbocycles. The third-order valence-electron chi connectivity index (χ3n) is 5.55. The first-order valence-corrected chi connectivity index (χ1v) is 10.7. The number of nitrogens with one attached hydrogen (secondary N) is 1. The summed E-state index contributed by atoms with van der Waals surface area (Å²) >= 11 is 0. The van der Waals surface area contributed by atoms with Crippen molar-refractivity contribution in [1.29, 1.82) is 0 Å². The van der Waals surface area contributed by atoms with Gasteiger partial charge < -0.3 is 14.6 Å². The molecule has 1 N–H and O–H groups in total. The molecule has 4 rings (SSSR count). The van der Waals surface area contributed by atoms with E-state index in [9.17, 15) is 8.78 Å². The van der Waals surface area contributed by atoms with Crippen LogP contribution in [0.2, 0.25) is 0 Å². The second kappa shape index (κ2) is 10.6. The first-order chi connectivity index (χ1) is 15.6. The molecule has 169 valence electrons. The second-order valence-electron chi connectivity index (χ2n) is 7.74. The van der Waals surface area contributed by atoms with E-state index in [4.69, 9.17) is 9.26 Å². The van der Waals surface area contributed by atoms with Crippen molar-refractivity contribution < 1.29 is 18.0 Å². The average Bonchev–Trinajstić information content (AvgIpc) is 3.35. The zero-order chi connectivity index (χ0) is 22.3. The first kappa shape index (κ1) is 22.3. The summed E-state index contributed by atoms with van der Waals surface area (Å²) in [7, 11) is 0. The molecule has 1 saturated heterocycles. The fourth-order valence-electron chi connectivity index (χ4n) is 3.42. The standard InChI is InChI=1S/C23H26F2N5O2/c1-16(20(25)13-24)22-12-21(29-32-22)18-4-2-17(3-5-18)19-14-27-23(28-15-19)26-6-7-30-8-10-31-11-9-30/h2,4-5,12,14-16,20H,6-11,13H2,1H3,(H,26,27,28). The Balaban J connectivity index is 1.34. The molecule has 7 nitrogen and oxygen atoms in total. The number of morpholine rings is 1.